The first-order valence-electron chi connectivity index (χ1n) is 5.40. The Morgan fingerprint density at radius 2 is 2.07 bits per heavy atom. The standard InChI is InChI=1S/C11H19NO2/c1-10(2,3)14-9(13)11-6-8(7-11)4-5-12-11/h8,12H,4-7H2,1-3H3. The van der Waals surface area contributed by atoms with Crippen LogP contribution < -0.4 is 5.32 Å². The predicted molar refractivity (Wildman–Crippen MR) is 53.9 cm³/mol. The maximum absolute atomic E-state index is 11.9. The predicted octanol–water partition coefficient (Wildman–Crippen LogP) is 1.47. The molecule has 0 amide bonds. The molecule has 0 aromatic rings. The number of hydrogen-bond acceptors (Lipinski definition) is 3. The highest BCUT2D eigenvalue weighted by Gasteiger charge is 2.54. The monoisotopic (exact) mass is 197 g/mol. The fourth-order valence-electron chi connectivity index (χ4n) is 2.40. The van der Waals surface area contributed by atoms with Gasteiger partial charge in [-0.3, -0.25) is 4.79 Å². The van der Waals surface area contributed by atoms with Gasteiger partial charge in [0.05, 0.1) is 0 Å². The van der Waals surface area contributed by atoms with Crippen molar-refractivity contribution in [2.75, 3.05) is 6.54 Å². The second-order valence-corrected chi connectivity index (χ2v) is 5.57. The zero-order valence-electron chi connectivity index (χ0n) is 9.22. The molecule has 1 saturated carbocycles. The Hall–Kier alpha value is -0.570. The summed E-state index contributed by atoms with van der Waals surface area (Å²) in [5.74, 6) is 0.699. The average molecular weight is 197 g/mol. The Labute approximate surface area is 85.2 Å². The molecule has 0 aromatic heterocycles. The maximum Gasteiger partial charge on any atom is 0.326 e. The smallest absolute Gasteiger partial charge is 0.326 e. The SMILES string of the molecule is CC(C)(C)OC(=O)C12CC(CCN1)C2. The van der Waals surface area contributed by atoms with E-state index in [0.717, 1.165) is 25.3 Å². The van der Waals surface area contributed by atoms with Gasteiger partial charge in [-0.15, -0.1) is 0 Å². The topological polar surface area (TPSA) is 38.3 Å². The third kappa shape index (κ3) is 1.65. The van der Waals surface area contributed by atoms with Gasteiger partial charge in [-0.1, -0.05) is 0 Å². The highest BCUT2D eigenvalue weighted by Crippen LogP contribution is 2.44. The third-order valence-electron chi connectivity index (χ3n) is 3.08. The van der Waals surface area contributed by atoms with Gasteiger partial charge in [0, 0.05) is 0 Å². The molecule has 3 heteroatoms. The number of esters is 1. The molecule has 0 unspecified atom stereocenters. The van der Waals surface area contributed by atoms with Gasteiger partial charge >= 0.3 is 5.97 Å². The Bertz CT molecular complexity index is 243. The Morgan fingerprint density at radius 1 is 1.43 bits per heavy atom. The molecule has 2 saturated heterocycles. The van der Waals surface area contributed by atoms with E-state index in [9.17, 15) is 4.79 Å². The minimum absolute atomic E-state index is 0.0547. The quantitative estimate of drug-likeness (QED) is 0.647. The molecule has 3 fully saturated rings. The van der Waals surface area contributed by atoms with Crippen molar-refractivity contribution in [2.45, 2.75) is 51.2 Å². The fraction of sp³-hybridized carbons (Fsp3) is 0.909. The van der Waals surface area contributed by atoms with E-state index in [1.807, 2.05) is 20.8 Å². The average Bonchev–Trinajstić information content (AvgIpc) is 2.00. The molecule has 3 nitrogen and oxygen atoms in total. The van der Waals surface area contributed by atoms with E-state index in [2.05, 4.69) is 5.32 Å². The van der Waals surface area contributed by atoms with E-state index in [4.69, 9.17) is 4.74 Å². The summed E-state index contributed by atoms with van der Waals surface area (Å²) in [7, 11) is 0. The zero-order chi connectivity index (χ0) is 10.4. The number of nitrogens with one attached hydrogen (secondary N) is 1. The Kier molecular flexibility index (Phi) is 2.11. The van der Waals surface area contributed by atoms with Crippen LogP contribution >= 0.6 is 0 Å². The van der Waals surface area contributed by atoms with E-state index < -0.39 is 0 Å². The van der Waals surface area contributed by atoms with E-state index >= 15 is 0 Å². The molecule has 0 radical (unpaired) electrons. The van der Waals surface area contributed by atoms with Crippen LogP contribution in [0.25, 0.3) is 0 Å². The van der Waals surface area contributed by atoms with Crippen molar-refractivity contribution in [2.24, 2.45) is 5.92 Å². The zero-order valence-corrected chi connectivity index (χ0v) is 9.22. The summed E-state index contributed by atoms with van der Waals surface area (Å²) in [5, 5.41) is 3.31. The van der Waals surface area contributed by atoms with Crippen molar-refractivity contribution in [3.05, 3.63) is 0 Å². The summed E-state index contributed by atoms with van der Waals surface area (Å²) in [6, 6.07) is 0. The molecule has 1 N–H and O–H groups in total. The largest absolute Gasteiger partial charge is 0.459 e. The number of ether oxygens (including phenoxy) is 1. The Morgan fingerprint density at radius 3 is 2.50 bits per heavy atom. The molecule has 2 aliphatic heterocycles. The third-order valence-corrected chi connectivity index (χ3v) is 3.08. The van der Waals surface area contributed by atoms with Gasteiger partial charge in [0.1, 0.15) is 11.1 Å². The molecule has 3 rings (SSSR count). The highest BCUT2D eigenvalue weighted by molar-refractivity contribution is 5.82. The van der Waals surface area contributed by atoms with Crippen LogP contribution in [0, 0.1) is 5.92 Å². The van der Waals surface area contributed by atoms with Crippen molar-refractivity contribution in [3.8, 4) is 0 Å². The van der Waals surface area contributed by atoms with Crippen LogP contribution in [0.15, 0.2) is 0 Å². The number of rotatable bonds is 1. The van der Waals surface area contributed by atoms with Gasteiger partial charge in [0.2, 0.25) is 0 Å². The van der Waals surface area contributed by atoms with E-state index in [-0.39, 0.29) is 17.1 Å². The van der Waals surface area contributed by atoms with Crippen molar-refractivity contribution in [3.63, 3.8) is 0 Å². The van der Waals surface area contributed by atoms with Crippen molar-refractivity contribution >= 4 is 5.97 Å². The van der Waals surface area contributed by atoms with Crippen LogP contribution in [0.4, 0.5) is 0 Å². The summed E-state index contributed by atoms with van der Waals surface area (Å²) >= 11 is 0. The maximum atomic E-state index is 11.9. The lowest BCUT2D eigenvalue weighted by molar-refractivity contribution is -0.172. The normalized spacial score (nSPS) is 36.1. The number of fused-ring (bicyclic) bond motifs is 2. The fourth-order valence-corrected chi connectivity index (χ4v) is 2.40. The number of carbonyl (C=O) groups excluding carboxylic acids is 1. The Balaban J connectivity index is 1.98. The highest BCUT2D eigenvalue weighted by atomic mass is 16.6. The van der Waals surface area contributed by atoms with Crippen LogP contribution in [-0.2, 0) is 9.53 Å². The lowest BCUT2D eigenvalue weighted by Crippen LogP contribution is -2.66. The minimum atomic E-state index is -0.365. The van der Waals surface area contributed by atoms with Crippen molar-refractivity contribution in [1.29, 1.82) is 0 Å². The molecular weight excluding hydrogens is 178 g/mol. The second-order valence-electron chi connectivity index (χ2n) is 5.57. The molecule has 2 bridgehead atoms. The van der Waals surface area contributed by atoms with E-state index in [0.29, 0.717) is 0 Å². The first kappa shape index (κ1) is 9.97. The molecule has 0 atom stereocenters. The van der Waals surface area contributed by atoms with Gasteiger partial charge < -0.3 is 10.1 Å². The number of hydrogen-bond donors (Lipinski definition) is 1. The summed E-state index contributed by atoms with van der Waals surface area (Å²) in [6.45, 7) is 6.71. The molecule has 0 aromatic carbocycles. The molecule has 0 spiro atoms. The van der Waals surface area contributed by atoms with Gasteiger partial charge in [-0.2, -0.15) is 0 Å². The van der Waals surface area contributed by atoms with Crippen LogP contribution in [0.3, 0.4) is 0 Å². The van der Waals surface area contributed by atoms with E-state index in [1.54, 1.807) is 0 Å². The molecule has 2 heterocycles. The number of carbonyl (C=O) groups is 1. The molecule has 1 aliphatic carbocycles. The molecule has 3 aliphatic rings. The molecule has 14 heavy (non-hydrogen) atoms. The van der Waals surface area contributed by atoms with Crippen LogP contribution in [0.5, 0.6) is 0 Å². The minimum Gasteiger partial charge on any atom is -0.459 e. The van der Waals surface area contributed by atoms with Crippen molar-refractivity contribution < 1.29 is 9.53 Å². The summed E-state index contributed by atoms with van der Waals surface area (Å²) in [6.07, 6.45) is 3.16. The first-order valence-corrected chi connectivity index (χ1v) is 5.40. The van der Waals surface area contributed by atoms with Gasteiger partial charge in [0.15, 0.2) is 0 Å². The van der Waals surface area contributed by atoms with Crippen LogP contribution in [-0.4, -0.2) is 23.7 Å². The van der Waals surface area contributed by atoms with Crippen LogP contribution in [0.2, 0.25) is 0 Å². The lowest BCUT2D eigenvalue weighted by atomic mass is 9.64. The van der Waals surface area contributed by atoms with Gasteiger partial charge in [-0.05, 0) is 52.5 Å². The van der Waals surface area contributed by atoms with Gasteiger partial charge in [0.25, 0.3) is 0 Å². The second kappa shape index (κ2) is 2.96. The lowest BCUT2D eigenvalue weighted by Gasteiger charge is -2.51. The first-order chi connectivity index (χ1) is 6.41. The molecule has 80 valence electrons. The van der Waals surface area contributed by atoms with Crippen molar-refractivity contribution in [1.82, 2.24) is 5.32 Å². The van der Waals surface area contributed by atoms with Gasteiger partial charge in [-0.25, -0.2) is 0 Å². The number of piperidine rings is 2. The van der Waals surface area contributed by atoms with E-state index in [1.165, 1.54) is 6.42 Å². The summed E-state index contributed by atoms with van der Waals surface area (Å²) in [4.78, 5) is 11.9. The summed E-state index contributed by atoms with van der Waals surface area (Å²) < 4.78 is 5.42. The molecular formula is C11H19NO2. The van der Waals surface area contributed by atoms with Crippen LogP contribution in [0.1, 0.15) is 40.0 Å². The summed E-state index contributed by atoms with van der Waals surface area (Å²) in [5.41, 5.74) is -0.688.